The van der Waals surface area contributed by atoms with Gasteiger partial charge in [-0.1, -0.05) is 18.2 Å². The lowest BCUT2D eigenvalue weighted by Gasteiger charge is -2.60. The number of phenols is 1. The van der Waals surface area contributed by atoms with Gasteiger partial charge in [-0.15, -0.1) is 0 Å². The lowest BCUT2D eigenvalue weighted by molar-refractivity contribution is -0.0766. The van der Waals surface area contributed by atoms with Gasteiger partial charge in [-0.25, -0.2) is 0 Å². The lowest BCUT2D eigenvalue weighted by atomic mass is 9.71. The Labute approximate surface area is 277 Å². The molecule has 5 heterocycles. The number of hydrogen-bond donors (Lipinski definition) is 1. The molecule has 5 aliphatic rings. The molecule has 12 heteroatoms. The molecule has 0 aromatic heterocycles. The summed E-state index contributed by atoms with van der Waals surface area (Å²) >= 11 is 0. The van der Waals surface area contributed by atoms with Crippen LogP contribution in [0.3, 0.4) is 0 Å². The number of hydrogen-bond acceptors (Lipinski definition) is 11. The van der Waals surface area contributed by atoms with Crippen LogP contribution in [0.4, 0.5) is 0 Å². The van der Waals surface area contributed by atoms with Crippen molar-refractivity contribution in [3.63, 3.8) is 0 Å². The molecule has 1 saturated heterocycles. The van der Waals surface area contributed by atoms with E-state index in [1.165, 1.54) is 4.90 Å². The van der Waals surface area contributed by atoms with Gasteiger partial charge in [-0.05, 0) is 57.0 Å². The first-order valence-electron chi connectivity index (χ1n) is 16.0. The Balaban J connectivity index is 1.35. The molecule has 2 amide bonds. The SMILES string of the molecule is COCOc1c(OC)c(C)cc2c1[C@@H]1[C@@H]3Cc4c(O)c(C)c5c(c4[C@H](CN4C(=O)c6ccccc6C4=O)N3[C@@H](C#N)[C@@H](C2)N1C)OCO5. The summed E-state index contributed by atoms with van der Waals surface area (Å²) < 4.78 is 29.4. The predicted octanol–water partition coefficient (Wildman–Crippen LogP) is 3.80. The van der Waals surface area contributed by atoms with E-state index in [1.807, 2.05) is 14.0 Å². The first-order valence-corrected chi connectivity index (χ1v) is 16.0. The molecule has 248 valence electrons. The number of aryl methyl sites for hydroxylation is 1. The first kappa shape index (κ1) is 30.5. The maximum absolute atomic E-state index is 13.8. The number of ether oxygens (including phenoxy) is 5. The molecule has 1 fully saturated rings. The summed E-state index contributed by atoms with van der Waals surface area (Å²) in [4.78, 5) is 33.2. The van der Waals surface area contributed by atoms with Gasteiger partial charge in [-0.2, -0.15) is 5.26 Å². The van der Waals surface area contributed by atoms with Crippen LogP contribution in [-0.4, -0.2) is 91.1 Å². The summed E-state index contributed by atoms with van der Waals surface area (Å²) in [6.45, 7) is 3.69. The van der Waals surface area contributed by atoms with Crippen LogP contribution in [0.15, 0.2) is 30.3 Å². The number of carbonyl (C=O) groups is 2. The number of aromatic hydroxyl groups is 1. The lowest BCUT2D eigenvalue weighted by Crippen LogP contribution is -2.69. The third kappa shape index (κ3) is 4.04. The van der Waals surface area contributed by atoms with Crippen LogP contribution in [0.5, 0.6) is 28.7 Å². The number of nitrogens with zero attached hydrogens (tertiary/aromatic N) is 4. The normalized spacial score (nSPS) is 25.2. The smallest absolute Gasteiger partial charge is 0.261 e. The zero-order chi connectivity index (χ0) is 33.6. The van der Waals surface area contributed by atoms with Crippen molar-refractivity contribution in [3.8, 4) is 34.8 Å². The zero-order valence-corrected chi connectivity index (χ0v) is 27.4. The standard InChI is InChI=1S/C36H36N4O8/c1-17-10-19-11-23-25(13-37)40-24(29(38(23)3)27(19)33(31(17)45-5)46-15-44-4)12-22-28(34-32(47-16-48-34)18(2)30(22)41)26(40)14-39-35(42)20-8-6-7-9-21(20)36(39)43/h6-10,23-26,29,41H,11-12,14-16H2,1-5H3/t23-,24+,25+,26+,29+/m1/s1. The number of carbonyl (C=O) groups excluding carboxylic acids is 2. The van der Waals surface area contributed by atoms with Crippen molar-refractivity contribution < 1.29 is 38.4 Å². The quantitative estimate of drug-likeness (QED) is 0.308. The summed E-state index contributed by atoms with van der Waals surface area (Å²) in [7, 11) is 5.20. The van der Waals surface area contributed by atoms with Gasteiger partial charge in [0.25, 0.3) is 11.8 Å². The molecular weight excluding hydrogens is 616 g/mol. The highest BCUT2D eigenvalue weighted by Gasteiger charge is 2.57. The Hall–Kier alpha value is -4.83. The van der Waals surface area contributed by atoms with Gasteiger partial charge in [0, 0.05) is 48.0 Å². The second kappa shape index (κ2) is 11.1. The molecule has 8 rings (SSSR count). The van der Waals surface area contributed by atoms with Gasteiger partial charge < -0.3 is 28.8 Å². The minimum atomic E-state index is -0.691. The van der Waals surface area contributed by atoms with E-state index >= 15 is 0 Å². The van der Waals surface area contributed by atoms with Crippen molar-refractivity contribution >= 4 is 11.8 Å². The van der Waals surface area contributed by atoms with E-state index in [0.29, 0.717) is 63.7 Å². The fourth-order valence-electron chi connectivity index (χ4n) is 8.84. The topological polar surface area (TPSA) is 134 Å². The summed E-state index contributed by atoms with van der Waals surface area (Å²) in [6, 6.07) is 9.25. The Kier molecular flexibility index (Phi) is 7.07. The first-order chi connectivity index (χ1) is 23.2. The highest BCUT2D eigenvalue weighted by atomic mass is 16.7. The van der Waals surface area contributed by atoms with Crippen LogP contribution in [0.1, 0.15) is 66.2 Å². The molecule has 5 atom stereocenters. The monoisotopic (exact) mass is 652 g/mol. The van der Waals surface area contributed by atoms with Gasteiger partial charge >= 0.3 is 0 Å². The molecule has 0 saturated carbocycles. The van der Waals surface area contributed by atoms with E-state index < -0.39 is 23.9 Å². The molecule has 0 unspecified atom stereocenters. The van der Waals surface area contributed by atoms with Crippen LogP contribution >= 0.6 is 0 Å². The number of phenolic OH excluding ortho intramolecular Hbond substituents is 1. The number of benzene rings is 3. The van der Waals surface area contributed by atoms with Crippen molar-refractivity contribution in [2.24, 2.45) is 0 Å². The van der Waals surface area contributed by atoms with E-state index in [4.69, 9.17) is 23.7 Å². The molecule has 2 bridgehead atoms. The Morgan fingerprint density at radius 1 is 1.00 bits per heavy atom. The van der Waals surface area contributed by atoms with Crippen molar-refractivity contribution in [2.45, 2.75) is 56.9 Å². The van der Waals surface area contributed by atoms with E-state index in [0.717, 1.165) is 16.7 Å². The van der Waals surface area contributed by atoms with Crippen LogP contribution in [-0.2, 0) is 17.6 Å². The Bertz CT molecular complexity index is 1900. The third-order valence-electron chi connectivity index (χ3n) is 10.8. The number of methoxy groups -OCH3 is 2. The van der Waals surface area contributed by atoms with Gasteiger partial charge in [0.2, 0.25) is 6.79 Å². The Morgan fingerprint density at radius 2 is 1.71 bits per heavy atom. The van der Waals surface area contributed by atoms with Gasteiger partial charge in [0.05, 0.1) is 36.4 Å². The maximum Gasteiger partial charge on any atom is 0.261 e. The number of amides is 2. The van der Waals surface area contributed by atoms with Gasteiger partial charge in [0.1, 0.15) is 11.8 Å². The number of imide groups is 1. The molecule has 1 N–H and O–H groups in total. The van der Waals surface area contributed by atoms with E-state index in [2.05, 4.69) is 21.9 Å². The minimum Gasteiger partial charge on any atom is -0.507 e. The van der Waals surface area contributed by atoms with Crippen LogP contribution in [0.25, 0.3) is 0 Å². The number of nitriles is 1. The number of rotatable bonds is 6. The molecule has 0 radical (unpaired) electrons. The highest BCUT2D eigenvalue weighted by Crippen LogP contribution is 2.58. The molecule has 48 heavy (non-hydrogen) atoms. The summed E-state index contributed by atoms with van der Waals surface area (Å²) in [5.74, 6) is 1.37. The average Bonchev–Trinajstić information content (AvgIpc) is 3.66. The molecule has 3 aromatic carbocycles. The second-order valence-corrected chi connectivity index (χ2v) is 13.1. The predicted molar refractivity (Wildman–Crippen MR) is 170 cm³/mol. The summed E-state index contributed by atoms with van der Waals surface area (Å²) in [5.41, 5.74) is 5.42. The van der Waals surface area contributed by atoms with Crippen molar-refractivity contribution in [1.29, 1.82) is 5.26 Å². The second-order valence-electron chi connectivity index (χ2n) is 13.1. The van der Waals surface area contributed by atoms with Crippen molar-refractivity contribution in [3.05, 3.63) is 74.8 Å². The average molecular weight is 653 g/mol. The largest absolute Gasteiger partial charge is 0.507 e. The number of fused-ring (bicyclic) bond motifs is 10. The number of likely N-dealkylation sites (N-methyl/N-ethyl adjacent to an activating group) is 1. The third-order valence-corrected chi connectivity index (χ3v) is 10.8. The highest BCUT2D eigenvalue weighted by molar-refractivity contribution is 6.21. The van der Waals surface area contributed by atoms with E-state index in [9.17, 15) is 20.0 Å². The molecule has 0 spiro atoms. The zero-order valence-electron chi connectivity index (χ0n) is 27.4. The van der Waals surface area contributed by atoms with Gasteiger partial charge in [0.15, 0.2) is 29.8 Å². The maximum atomic E-state index is 13.8. The fourth-order valence-corrected chi connectivity index (χ4v) is 8.84. The molecule has 12 nitrogen and oxygen atoms in total. The Morgan fingerprint density at radius 3 is 2.38 bits per heavy atom. The molecule has 3 aromatic rings. The fraction of sp³-hybridized carbons (Fsp3) is 0.417. The van der Waals surface area contributed by atoms with Crippen molar-refractivity contribution in [2.75, 3.05) is 41.4 Å². The van der Waals surface area contributed by atoms with E-state index in [-0.39, 0.29) is 44.0 Å². The van der Waals surface area contributed by atoms with Crippen LogP contribution in [0.2, 0.25) is 0 Å². The van der Waals surface area contributed by atoms with Gasteiger partial charge in [-0.3, -0.25) is 24.3 Å². The number of piperazine rings is 1. The van der Waals surface area contributed by atoms with E-state index in [1.54, 1.807) is 45.4 Å². The van der Waals surface area contributed by atoms with Crippen LogP contribution < -0.4 is 18.9 Å². The molecule has 0 aliphatic carbocycles. The molecular formula is C36H36N4O8. The van der Waals surface area contributed by atoms with Crippen LogP contribution in [0, 0.1) is 25.2 Å². The minimum absolute atomic E-state index is 0.00990. The summed E-state index contributed by atoms with van der Waals surface area (Å²) in [5, 5.41) is 22.7. The molecule has 5 aliphatic heterocycles. The summed E-state index contributed by atoms with van der Waals surface area (Å²) in [6.07, 6.45) is 0.915. The van der Waals surface area contributed by atoms with Crippen molar-refractivity contribution in [1.82, 2.24) is 14.7 Å².